The number of nitrogens with one attached hydrogen (secondary N) is 1. The van der Waals surface area contributed by atoms with Gasteiger partial charge in [0.15, 0.2) is 0 Å². The van der Waals surface area contributed by atoms with E-state index in [0.717, 1.165) is 0 Å². The maximum Gasteiger partial charge on any atom is 0.255 e. The highest BCUT2D eigenvalue weighted by Crippen LogP contribution is 2.30. The van der Waals surface area contributed by atoms with Crippen LogP contribution in [0, 0.1) is 11.3 Å². The third-order valence-electron chi connectivity index (χ3n) is 4.10. The Morgan fingerprint density at radius 1 is 1.11 bits per heavy atom. The molecule has 1 amide bonds. The Labute approximate surface area is 165 Å². The number of hydrogen-bond acceptors (Lipinski definition) is 5. The molecule has 0 fully saturated rings. The van der Waals surface area contributed by atoms with E-state index in [2.05, 4.69) is 5.32 Å². The van der Waals surface area contributed by atoms with Crippen LogP contribution < -0.4 is 10.1 Å². The maximum atomic E-state index is 13.0. The number of amides is 1. The molecule has 0 unspecified atom stereocenters. The molecule has 0 radical (unpaired) electrons. The van der Waals surface area contributed by atoms with Crippen molar-refractivity contribution < 1.29 is 17.9 Å². The topological polar surface area (TPSA) is 99.5 Å². The number of carbonyl (C=O) groups excluding carboxylic acids is 1. The van der Waals surface area contributed by atoms with Crippen LogP contribution in [-0.2, 0) is 10.0 Å². The van der Waals surface area contributed by atoms with E-state index in [1.54, 1.807) is 39.0 Å². The van der Waals surface area contributed by atoms with Crippen LogP contribution in [0.4, 0.5) is 5.69 Å². The minimum Gasteiger partial charge on any atom is -0.492 e. The largest absolute Gasteiger partial charge is 0.492 e. The third kappa shape index (κ3) is 4.68. The Morgan fingerprint density at radius 2 is 1.75 bits per heavy atom. The van der Waals surface area contributed by atoms with Crippen molar-refractivity contribution in [1.82, 2.24) is 4.31 Å². The molecule has 8 heteroatoms. The summed E-state index contributed by atoms with van der Waals surface area (Å²) in [5.41, 5.74) is 1.15. The van der Waals surface area contributed by atoms with E-state index in [-0.39, 0.29) is 10.6 Å². The first-order valence-corrected chi connectivity index (χ1v) is 10.4. The Bertz CT molecular complexity index is 976. The fourth-order valence-electron chi connectivity index (χ4n) is 2.66. The first-order chi connectivity index (χ1) is 13.4. The number of nitrogens with zero attached hydrogens (tertiary/aromatic N) is 2. The molecular formula is C20H23N3O4S. The molecule has 148 valence electrons. The monoisotopic (exact) mass is 401 g/mol. The minimum absolute atomic E-state index is 0.00989. The zero-order valence-corrected chi connectivity index (χ0v) is 16.9. The molecule has 0 atom stereocenters. The van der Waals surface area contributed by atoms with E-state index in [0.29, 0.717) is 36.5 Å². The normalized spacial score (nSPS) is 11.1. The van der Waals surface area contributed by atoms with E-state index in [1.165, 1.54) is 28.6 Å². The van der Waals surface area contributed by atoms with Crippen LogP contribution in [0.15, 0.2) is 47.4 Å². The summed E-state index contributed by atoms with van der Waals surface area (Å²) in [5, 5.41) is 11.5. The first-order valence-electron chi connectivity index (χ1n) is 8.95. The van der Waals surface area contributed by atoms with Gasteiger partial charge < -0.3 is 10.1 Å². The van der Waals surface area contributed by atoms with Gasteiger partial charge in [-0.2, -0.15) is 9.57 Å². The highest BCUT2D eigenvalue weighted by Gasteiger charge is 2.26. The molecule has 0 spiro atoms. The van der Waals surface area contributed by atoms with Crippen LogP contribution >= 0.6 is 0 Å². The first kappa shape index (κ1) is 21.4. The summed E-state index contributed by atoms with van der Waals surface area (Å²) in [6, 6.07) is 12.7. The molecule has 0 aromatic heterocycles. The number of anilines is 1. The van der Waals surface area contributed by atoms with Gasteiger partial charge in [-0.15, -0.1) is 0 Å². The van der Waals surface area contributed by atoms with Crippen LogP contribution in [0.3, 0.4) is 0 Å². The van der Waals surface area contributed by atoms with Crippen molar-refractivity contribution in [2.45, 2.75) is 25.7 Å². The van der Waals surface area contributed by atoms with Crippen LogP contribution in [0.25, 0.3) is 0 Å². The molecule has 0 saturated carbocycles. The molecule has 7 nitrogen and oxygen atoms in total. The quantitative estimate of drug-likeness (QED) is 0.732. The van der Waals surface area contributed by atoms with Gasteiger partial charge in [0, 0.05) is 24.3 Å². The van der Waals surface area contributed by atoms with Crippen molar-refractivity contribution >= 4 is 21.6 Å². The van der Waals surface area contributed by atoms with Crippen LogP contribution in [0.2, 0.25) is 0 Å². The Hall–Kier alpha value is -2.89. The highest BCUT2D eigenvalue weighted by atomic mass is 32.2. The summed E-state index contributed by atoms with van der Waals surface area (Å²) in [6.07, 6.45) is 0. The molecule has 0 bridgehead atoms. The van der Waals surface area contributed by atoms with E-state index >= 15 is 0 Å². The van der Waals surface area contributed by atoms with Gasteiger partial charge in [0.1, 0.15) is 10.6 Å². The SMILES string of the molecule is CCOc1ccc(NC(=O)c2ccc(C#N)cc2)cc1S(=O)(=O)N(CC)CC. The van der Waals surface area contributed by atoms with Gasteiger partial charge >= 0.3 is 0 Å². The minimum atomic E-state index is -3.76. The number of hydrogen-bond donors (Lipinski definition) is 1. The summed E-state index contributed by atoms with van der Waals surface area (Å²) >= 11 is 0. The molecule has 2 rings (SSSR count). The van der Waals surface area contributed by atoms with E-state index in [9.17, 15) is 13.2 Å². The van der Waals surface area contributed by atoms with Crippen molar-refractivity contribution in [3.8, 4) is 11.8 Å². The number of sulfonamides is 1. The van der Waals surface area contributed by atoms with Crippen molar-refractivity contribution in [2.75, 3.05) is 25.0 Å². The number of benzene rings is 2. The Kier molecular flexibility index (Phi) is 7.15. The third-order valence-corrected chi connectivity index (χ3v) is 6.17. The van der Waals surface area contributed by atoms with Gasteiger partial charge in [0.05, 0.1) is 18.2 Å². The van der Waals surface area contributed by atoms with Crippen LogP contribution in [0.5, 0.6) is 5.75 Å². The Balaban J connectivity index is 2.38. The van der Waals surface area contributed by atoms with Crippen LogP contribution in [0.1, 0.15) is 36.7 Å². The molecule has 28 heavy (non-hydrogen) atoms. The highest BCUT2D eigenvalue weighted by molar-refractivity contribution is 7.89. The van der Waals surface area contributed by atoms with Gasteiger partial charge in [0.25, 0.3) is 5.91 Å². The Morgan fingerprint density at radius 3 is 2.29 bits per heavy atom. The summed E-state index contributed by atoms with van der Waals surface area (Å²) in [7, 11) is -3.76. The number of nitriles is 1. The zero-order valence-electron chi connectivity index (χ0n) is 16.1. The van der Waals surface area contributed by atoms with E-state index in [4.69, 9.17) is 10.00 Å². The lowest BCUT2D eigenvalue weighted by Gasteiger charge is -2.21. The second-order valence-corrected chi connectivity index (χ2v) is 7.73. The molecular weight excluding hydrogens is 378 g/mol. The smallest absolute Gasteiger partial charge is 0.255 e. The van der Waals surface area contributed by atoms with Crippen molar-refractivity contribution in [3.63, 3.8) is 0 Å². The second kappa shape index (κ2) is 9.35. The molecule has 0 saturated heterocycles. The molecule has 0 heterocycles. The van der Waals surface area contributed by atoms with E-state index in [1.807, 2.05) is 6.07 Å². The number of rotatable bonds is 8. The standard InChI is InChI=1S/C20H23N3O4S/c1-4-23(5-2)28(25,26)19-13-17(11-12-18(19)27-6-3)22-20(24)16-9-7-15(14-21)8-10-16/h7-13H,4-6H2,1-3H3,(H,22,24). The zero-order chi connectivity index (χ0) is 20.7. The summed E-state index contributed by atoms with van der Waals surface area (Å²) in [5.74, 6) is -0.161. The lowest BCUT2D eigenvalue weighted by atomic mass is 10.1. The number of carbonyl (C=O) groups is 1. The van der Waals surface area contributed by atoms with Gasteiger partial charge in [-0.1, -0.05) is 13.8 Å². The lowest BCUT2D eigenvalue weighted by Crippen LogP contribution is -2.31. The number of ether oxygens (including phenoxy) is 1. The predicted molar refractivity (Wildman–Crippen MR) is 107 cm³/mol. The molecule has 0 aliphatic heterocycles. The van der Waals surface area contributed by atoms with Gasteiger partial charge in [-0.05, 0) is 49.4 Å². The summed E-state index contributed by atoms with van der Waals surface area (Å²) in [4.78, 5) is 12.5. The molecule has 1 N–H and O–H groups in total. The van der Waals surface area contributed by atoms with Crippen molar-refractivity contribution in [2.24, 2.45) is 0 Å². The maximum absolute atomic E-state index is 13.0. The molecule has 2 aromatic rings. The lowest BCUT2D eigenvalue weighted by molar-refractivity contribution is 0.102. The summed E-state index contributed by atoms with van der Waals surface area (Å²) < 4.78 is 32.8. The van der Waals surface area contributed by atoms with Gasteiger partial charge in [-0.25, -0.2) is 8.42 Å². The fraction of sp³-hybridized carbons (Fsp3) is 0.300. The van der Waals surface area contributed by atoms with Crippen molar-refractivity contribution in [3.05, 3.63) is 53.6 Å². The fourth-order valence-corrected chi connectivity index (χ4v) is 4.28. The second-order valence-electron chi connectivity index (χ2n) is 5.83. The van der Waals surface area contributed by atoms with Gasteiger partial charge in [-0.3, -0.25) is 4.79 Å². The molecule has 2 aromatic carbocycles. The molecule has 0 aliphatic rings. The van der Waals surface area contributed by atoms with E-state index < -0.39 is 15.9 Å². The predicted octanol–water partition coefficient (Wildman–Crippen LogP) is 3.24. The van der Waals surface area contributed by atoms with Gasteiger partial charge in [0.2, 0.25) is 10.0 Å². The van der Waals surface area contributed by atoms with Crippen LogP contribution in [-0.4, -0.2) is 38.3 Å². The summed E-state index contributed by atoms with van der Waals surface area (Å²) in [6.45, 7) is 6.26. The van der Waals surface area contributed by atoms with Crippen molar-refractivity contribution in [1.29, 1.82) is 5.26 Å². The molecule has 0 aliphatic carbocycles. The average Bonchev–Trinajstić information content (AvgIpc) is 2.70. The average molecular weight is 401 g/mol.